The summed E-state index contributed by atoms with van der Waals surface area (Å²) in [7, 11) is 2.71. The highest BCUT2D eigenvalue weighted by Crippen LogP contribution is 2.17. The maximum absolute atomic E-state index is 10.3. The van der Waals surface area contributed by atoms with Crippen molar-refractivity contribution in [1.29, 1.82) is 0 Å². The number of carboxylic acids is 1. The summed E-state index contributed by atoms with van der Waals surface area (Å²) in [5, 5.41) is 8.42. The summed E-state index contributed by atoms with van der Waals surface area (Å²) in [5.41, 5.74) is 0. The van der Waals surface area contributed by atoms with Crippen LogP contribution < -0.4 is 0 Å². The molecule has 11 heavy (non-hydrogen) atoms. The van der Waals surface area contributed by atoms with Crippen molar-refractivity contribution >= 4 is 17.6 Å². The third-order valence-corrected chi connectivity index (χ3v) is 1.78. The van der Waals surface area contributed by atoms with Crippen LogP contribution in [0.4, 0.5) is 0 Å². The summed E-state index contributed by atoms with van der Waals surface area (Å²) < 4.78 is 9.62. The van der Waals surface area contributed by atoms with Gasteiger partial charge in [-0.05, 0) is 0 Å². The van der Waals surface area contributed by atoms with E-state index in [1.165, 1.54) is 14.2 Å². The molecule has 1 N–H and O–H groups in total. The standard InChI is InChI=1S/C6H11ClO4/c1-10-6(4-7,11-2)3-5(8)9/h3-4H2,1-2H3,(H,8,9). The Morgan fingerprint density at radius 3 is 2.09 bits per heavy atom. The van der Waals surface area contributed by atoms with Crippen LogP contribution in [0.1, 0.15) is 6.42 Å². The first kappa shape index (κ1) is 10.7. The van der Waals surface area contributed by atoms with Gasteiger partial charge in [0.25, 0.3) is 0 Å². The van der Waals surface area contributed by atoms with E-state index in [1.807, 2.05) is 0 Å². The van der Waals surface area contributed by atoms with E-state index in [4.69, 9.17) is 26.2 Å². The lowest BCUT2D eigenvalue weighted by atomic mass is 10.2. The molecule has 4 nitrogen and oxygen atoms in total. The van der Waals surface area contributed by atoms with Crippen LogP contribution >= 0.6 is 11.6 Å². The van der Waals surface area contributed by atoms with Crippen molar-refractivity contribution < 1.29 is 19.4 Å². The molecule has 0 bridgehead atoms. The van der Waals surface area contributed by atoms with Crippen LogP contribution in [0.5, 0.6) is 0 Å². The van der Waals surface area contributed by atoms with Gasteiger partial charge in [0.15, 0.2) is 5.79 Å². The summed E-state index contributed by atoms with van der Waals surface area (Å²) in [6, 6.07) is 0. The number of ether oxygens (including phenoxy) is 2. The zero-order chi connectivity index (χ0) is 8.91. The van der Waals surface area contributed by atoms with Gasteiger partial charge < -0.3 is 14.6 Å². The number of aliphatic carboxylic acids is 1. The Balaban J connectivity index is 4.16. The average molecular weight is 183 g/mol. The van der Waals surface area contributed by atoms with E-state index in [-0.39, 0.29) is 12.3 Å². The first-order valence-electron chi connectivity index (χ1n) is 2.98. The Morgan fingerprint density at radius 2 is 2.00 bits per heavy atom. The monoisotopic (exact) mass is 182 g/mol. The predicted molar refractivity (Wildman–Crippen MR) is 39.7 cm³/mol. The van der Waals surface area contributed by atoms with Gasteiger partial charge in [-0.1, -0.05) is 0 Å². The van der Waals surface area contributed by atoms with Gasteiger partial charge in [0.05, 0.1) is 5.88 Å². The highest BCUT2D eigenvalue weighted by Gasteiger charge is 2.31. The summed E-state index contributed by atoms with van der Waals surface area (Å²) in [4.78, 5) is 10.3. The maximum atomic E-state index is 10.3. The van der Waals surface area contributed by atoms with Gasteiger partial charge in [0.1, 0.15) is 6.42 Å². The second kappa shape index (κ2) is 4.54. The predicted octanol–water partition coefficient (Wildman–Crippen LogP) is 0.689. The summed E-state index contributed by atoms with van der Waals surface area (Å²) in [5.74, 6) is -2.20. The van der Waals surface area contributed by atoms with Gasteiger partial charge in [-0.25, -0.2) is 0 Å². The van der Waals surface area contributed by atoms with Crippen molar-refractivity contribution in [2.45, 2.75) is 12.2 Å². The van der Waals surface area contributed by atoms with Crippen molar-refractivity contribution in [3.8, 4) is 0 Å². The molecule has 0 saturated heterocycles. The van der Waals surface area contributed by atoms with Crippen LogP contribution in [-0.2, 0) is 14.3 Å². The molecule has 0 amide bonds. The number of halogens is 1. The first-order chi connectivity index (χ1) is 5.10. The molecule has 0 atom stereocenters. The minimum atomic E-state index is -1.19. The number of hydrogen-bond acceptors (Lipinski definition) is 3. The van der Waals surface area contributed by atoms with Crippen molar-refractivity contribution in [2.24, 2.45) is 0 Å². The van der Waals surface area contributed by atoms with E-state index in [0.717, 1.165) is 0 Å². The van der Waals surface area contributed by atoms with Crippen LogP contribution in [0.15, 0.2) is 0 Å². The molecule has 0 aliphatic heterocycles. The Kier molecular flexibility index (Phi) is 4.40. The molecule has 0 aromatic heterocycles. The molecular formula is C6H11ClO4. The topological polar surface area (TPSA) is 55.8 Å². The van der Waals surface area contributed by atoms with E-state index >= 15 is 0 Å². The SMILES string of the molecule is COC(CCl)(CC(=O)O)OC. The zero-order valence-electron chi connectivity index (χ0n) is 6.46. The van der Waals surface area contributed by atoms with Gasteiger partial charge in [0.2, 0.25) is 0 Å². The third-order valence-electron chi connectivity index (χ3n) is 1.37. The molecule has 0 aromatic rings. The molecule has 0 fully saturated rings. The molecule has 0 aliphatic carbocycles. The molecule has 0 aromatic carbocycles. The van der Waals surface area contributed by atoms with E-state index < -0.39 is 11.8 Å². The summed E-state index contributed by atoms with van der Waals surface area (Å²) in [6.45, 7) is 0. The lowest BCUT2D eigenvalue weighted by Crippen LogP contribution is -2.38. The molecule has 0 spiro atoms. The van der Waals surface area contributed by atoms with E-state index in [1.54, 1.807) is 0 Å². The van der Waals surface area contributed by atoms with Gasteiger partial charge in [0, 0.05) is 14.2 Å². The van der Waals surface area contributed by atoms with Crippen LogP contribution in [0.2, 0.25) is 0 Å². The van der Waals surface area contributed by atoms with Crippen molar-refractivity contribution in [3.63, 3.8) is 0 Å². The van der Waals surface area contributed by atoms with E-state index in [0.29, 0.717) is 0 Å². The Bertz CT molecular complexity index is 124. The zero-order valence-corrected chi connectivity index (χ0v) is 7.22. The lowest BCUT2D eigenvalue weighted by Gasteiger charge is -2.26. The van der Waals surface area contributed by atoms with Gasteiger partial charge in [-0.2, -0.15) is 0 Å². The van der Waals surface area contributed by atoms with Crippen molar-refractivity contribution in [2.75, 3.05) is 20.1 Å². The third kappa shape index (κ3) is 3.05. The number of hydrogen-bond donors (Lipinski definition) is 1. The van der Waals surface area contributed by atoms with Crippen LogP contribution in [0.3, 0.4) is 0 Å². The fourth-order valence-electron chi connectivity index (χ4n) is 0.614. The molecule has 0 saturated carbocycles. The summed E-state index contributed by atoms with van der Waals surface area (Å²) in [6.07, 6.45) is -0.260. The van der Waals surface area contributed by atoms with E-state index in [9.17, 15) is 4.79 Å². The second-order valence-corrected chi connectivity index (χ2v) is 2.29. The first-order valence-corrected chi connectivity index (χ1v) is 3.51. The van der Waals surface area contributed by atoms with Crippen molar-refractivity contribution in [1.82, 2.24) is 0 Å². The fourth-order valence-corrected chi connectivity index (χ4v) is 0.927. The number of alkyl halides is 1. The molecule has 66 valence electrons. The van der Waals surface area contributed by atoms with Crippen molar-refractivity contribution in [3.05, 3.63) is 0 Å². The maximum Gasteiger partial charge on any atom is 0.308 e. The Labute approximate surface area is 70.1 Å². The van der Waals surface area contributed by atoms with Crippen LogP contribution in [-0.4, -0.2) is 37.0 Å². The van der Waals surface area contributed by atoms with Crippen LogP contribution in [0.25, 0.3) is 0 Å². The van der Waals surface area contributed by atoms with Gasteiger partial charge >= 0.3 is 5.97 Å². The molecule has 0 rings (SSSR count). The van der Waals surface area contributed by atoms with Crippen LogP contribution in [0, 0.1) is 0 Å². The quantitative estimate of drug-likeness (QED) is 0.502. The summed E-state index contributed by atoms with van der Waals surface area (Å²) >= 11 is 5.46. The normalized spacial score (nSPS) is 11.5. The number of methoxy groups -OCH3 is 2. The van der Waals surface area contributed by atoms with Gasteiger partial charge in [-0.3, -0.25) is 4.79 Å². The molecule has 0 heterocycles. The molecular weight excluding hydrogens is 172 g/mol. The Hall–Kier alpha value is -0.320. The van der Waals surface area contributed by atoms with E-state index in [2.05, 4.69) is 0 Å². The molecule has 5 heteroatoms. The highest BCUT2D eigenvalue weighted by atomic mass is 35.5. The minimum absolute atomic E-state index is 0.00764. The number of carboxylic acid groups (broad SMARTS) is 1. The fraction of sp³-hybridized carbons (Fsp3) is 0.833. The molecule has 0 aliphatic rings. The second-order valence-electron chi connectivity index (χ2n) is 2.02. The Morgan fingerprint density at radius 1 is 1.55 bits per heavy atom. The number of carbonyl (C=O) groups is 1. The highest BCUT2D eigenvalue weighted by molar-refractivity contribution is 6.18. The largest absolute Gasteiger partial charge is 0.481 e. The minimum Gasteiger partial charge on any atom is -0.481 e. The van der Waals surface area contributed by atoms with Gasteiger partial charge in [-0.15, -0.1) is 11.6 Å². The molecule has 0 radical (unpaired) electrons. The average Bonchev–Trinajstić information content (AvgIpc) is 2.00. The smallest absolute Gasteiger partial charge is 0.308 e. The number of rotatable bonds is 5. The molecule has 0 unspecified atom stereocenters. The lowest BCUT2D eigenvalue weighted by molar-refractivity contribution is -0.201.